The van der Waals surface area contributed by atoms with E-state index < -0.39 is 11.7 Å². The van der Waals surface area contributed by atoms with Crippen molar-refractivity contribution in [3.8, 4) is 0 Å². The highest BCUT2D eigenvalue weighted by molar-refractivity contribution is 6.18. The minimum atomic E-state index is -4.32. The van der Waals surface area contributed by atoms with Gasteiger partial charge >= 0.3 is 6.18 Å². The molecular formula is C9H9ClF3N. The third kappa shape index (κ3) is 2.80. The van der Waals surface area contributed by atoms with Gasteiger partial charge in [-0.05, 0) is 12.1 Å². The summed E-state index contributed by atoms with van der Waals surface area (Å²) in [4.78, 5) is 0. The molecule has 1 nitrogen and oxygen atoms in total. The highest BCUT2D eigenvalue weighted by atomic mass is 35.5. The van der Waals surface area contributed by atoms with E-state index in [-0.39, 0.29) is 11.6 Å². The Labute approximate surface area is 84.9 Å². The lowest BCUT2D eigenvalue weighted by Crippen LogP contribution is -2.11. The molecule has 78 valence electrons. The Morgan fingerprint density at radius 3 is 2.43 bits per heavy atom. The molecule has 0 aliphatic heterocycles. The normalized spacial score (nSPS) is 11.4. The summed E-state index contributed by atoms with van der Waals surface area (Å²) in [5.41, 5.74) is -0.592. The molecule has 0 saturated carbocycles. The second-order valence-electron chi connectivity index (χ2n) is 2.66. The lowest BCUT2D eigenvalue weighted by molar-refractivity contribution is -0.136. The quantitative estimate of drug-likeness (QED) is 0.775. The van der Waals surface area contributed by atoms with Crippen molar-refractivity contribution >= 4 is 17.3 Å². The molecule has 5 heteroatoms. The molecule has 14 heavy (non-hydrogen) atoms. The molecule has 1 aromatic carbocycles. The van der Waals surface area contributed by atoms with Crippen LogP contribution in [0.2, 0.25) is 0 Å². The molecule has 1 N–H and O–H groups in total. The number of hydrogen-bond acceptors (Lipinski definition) is 1. The summed E-state index contributed by atoms with van der Waals surface area (Å²) in [6.45, 7) is 0.314. The van der Waals surface area contributed by atoms with Crippen LogP contribution in [0.15, 0.2) is 24.3 Å². The third-order valence-electron chi connectivity index (χ3n) is 1.64. The number of hydrogen-bond donors (Lipinski definition) is 1. The summed E-state index contributed by atoms with van der Waals surface area (Å²) in [7, 11) is 0. The number of rotatable bonds is 3. The lowest BCUT2D eigenvalue weighted by Gasteiger charge is -2.13. The van der Waals surface area contributed by atoms with Crippen molar-refractivity contribution < 1.29 is 13.2 Å². The topological polar surface area (TPSA) is 12.0 Å². The van der Waals surface area contributed by atoms with E-state index in [0.717, 1.165) is 6.07 Å². The molecule has 0 unspecified atom stereocenters. The van der Waals surface area contributed by atoms with Crippen LogP contribution in [0.3, 0.4) is 0 Å². The summed E-state index contributed by atoms with van der Waals surface area (Å²) < 4.78 is 37.2. The smallest absolute Gasteiger partial charge is 0.383 e. The van der Waals surface area contributed by atoms with Crippen LogP contribution >= 0.6 is 11.6 Å². The Bertz CT molecular complexity index is 298. The minimum absolute atomic E-state index is 0.0700. The molecule has 0 spiro atoms. The Hall–Kier alpha value is -0.900. The fourth-order valence-electron chi connectivity index (χ4n) is 1.07. The predicted molar refractivity (Wildman–Crippen MR) is 50.7 cm³/mol. The predicted octanol–water partition coefficient (Wildman–Crippen LogP) is 3.36. The third-order valence-corrected chi connectivity index (χ3v) is 1.83. The van der Waals surface area contributed by atoms with Gasteiger partial charge in [0.1, 0.15) is 0 Å². The van der Waals surface area contributed by atoms with Gasteiger partial charge in [-0.25, -0.2) is 0 Å². The van der Waals surface area contributed by atoms with Gasteiger partial charge in [-0.3, -0.25) is 0 Å². The number of halogens is 4. The Kier molecular flexibility index (Phi) is 3.63. The fraction of sp³-hybridized carbons (Fsp3) is 0.333. The van der Waals surface area contributed by atoms with E-state index in [2.05, 4.69) is 5.32 Å². The van der Waals surface area contributed by atoms with Gasteiger partial charge in [-0.15, -0.1) is 11.6 Å². The van der Waals surface area contributed by atoms with Crippen LogP contribution in [0, 0.1) is 0 Å². The van der Waals surface area contributed by atoms with E-state index in [1.807, 2.05) is 0 Å². The highest BCUT2D eigenvalue weighted by Crippen LogP contribution is 2.34. The molecule has 0 radical (unpaired) electrons. The maximum atomic E-state index is 12.4. The van der Waals surface area contributed by atoms with Gasteiger partial charge < -0.3 is 5.32 Å². The first-order valence-electron chi connectivity index (χ1n) is 4.02. The Morgan fingerprint density at radius 2 is 1.86 bits per heavy atom. The van der Waals surface area contributed by atoms with Crippen molar-refractivity contribution in [2.75, 3.05) is 17.7 Å². The highest BCUT2D eigenvalue weighted by Gasteiger charge is 2.32. The summed E-state index contributed by atoms with van der Waals surface area (Å²) in [5, 5.41) is 2.62. The summed E-state index contributed by atoms with van der Waals surface area (Å²) >= 11 is 5.37. The van der Waals surface area contributed by atoms with Crippen molar-refractivity contribution in [3.05, 3.63) is 29.8 Å². The zero-order chi connectivity index (χ0) is 10.6. The van der Waals surface area contributed by atoms with E-state index in [4.69, 9.17) is 11.6 Å². The maximum absolute atomic E-state index is 12.4. The van der Waals surface area contributed by atoms with E-state index in [1.54, 1.807) is 6.07 Å². The molecule has 0 bridgehead atoms. The molecule has 1 aromatic rings. The first-order valence-corrected chi connectivity index (χ1v) is 4.55. The minimum Gasteiger partial charge on any atom is -0.383 e. The van der Waals surface area contributed by atoms with Gasteiger partial charge in [0.15, 0.2) is 0 Å². The average Bonchev–Trinajstić information content (AvgIpc) is 2.14. The van der Waals surface area contributed by atoms with Gasteiger partial charge in [-0.1, -0.05) is 12.1 Å². The second-order valence-corrected chi connectivity index (χ2v) is 3.04. The van der Waals surface area contributed by atoms with Gasteiger partial charge in [0, 0.05) is 18.1 Å². The Morgan fingerprint density at radius 1 is 1.21 bits per heavy atom. The molecule has 0 aromatic heterocycles. The summed E-state index contributed by atoms with van der Waals surface area (Å²) in [5.74, 6) is 0.270. The van der Waals surface area contributed by atoms with E-state index in [1.165, 1.54) is 12.1 Å². The maximum Gasteiger partial charge on any atom is 0.418 e. The standard InChI is InChI=1S/C9H9ClF3N/c10-5-6-14-8-4-2-1-3-7(8)9(11,12)13/h1-4,14H,5-6H2. The van der Waals surface area contributed by atoms with Crippen LogP contribution in [-0.2, 0) is 6.18 Å². The first-order chi connectivity index (χ1) is 6.55. The first kappa shape index (κ1) is 11.2. The van der Waals surface area contributed by atoms with Crippen LogP contribution < -0.4 is 5.32 Å². The van der Waals surface area contributed by atoms with Crippen LogP contribution in [0.5, 0.6) is 0 Å². The number of benzene rings is 1. The molecule has 1 rings (SSSR count). The fourth-order valence-corrected chi connectivity index (χ4v) is 1.16. The van der Waals surface area contributed by atoms with Gasteiger partial charge in [0.25, 0.3) is 0 Å². The molecular weight excluding hydrogens is 215 g/mol. The second kappa shape index (κ2) is 4.55. The number of alkyl halides is 4. The van der Waals surface area contributed by atoms with Crippen molar-refractivity contribution in [1.29, 1.82) is 0 Å². The number of nitrogens with one attached hydrogen (secondary N) is 1. The van der Waals surface area contributed by atoms with Gasteiger partial charge in [0.2, 0.25) is 0 Å². The molecule has 0 amide bonds. The van der Waals surface area contributed by atoms with E-state index >= 15 is 0 Å². The zero-order valence-electron chi connectivity index (χ0n) is 7.24. The van der Waals surface area contributed by atoms with Gasteiger partial charge in [-0.2, -0.15) is 13.2 Å². The largest absolute Gasteiger partial charge is 0.418 e. The lowest BCUT2D eigenvalue weighted by atomic mass is 10.1. The van der Waals surface area contributed by atoms with Crippen LogP contribution in [0.25, 0.3) is 0 Å². The Balaban J connectivity index is 2.92. The van der Waals surface area contributed by atoms with E-state index in [0.29, 0.717) is 6.54 Å². The molecule has 0 atom stereocenters. The van der Waals surface area contributed by atoms with Crippen LogP contribution in [-0.4, -0.2) is 12.4 Å². The van der Waals surface area contributed by atoms with E-state index in [9.17, 15) is 13.2 Å². The number of para-hydroxylation sites is 1. The van der Waals surface area contributed by atoms with Crippen LogP contribution in [0.1, 0.15) is 5.56 Å². The van der Waals surface area contributed by atoms with Crippen molar-refractivity contribution in [3.63, 3.8) is 0 Å². The summed E-state index contributed by atoms with van der Waals surface area (Å²) in [6, 6.07) is 5.33. The molecule has 0 heterocycles. The summed E-state index contributed by atoms with van der Waals surface area (Å²) in [6.07, 6.45) is -4.32. The SMILES string of the molecule is FC(F)(F)c1ccccc1NCCCl. The van der Waals surface area contributed by atoms with Crippen molar-refractivity contribution in [2.24, 2.45) is 0 Å². The van der Waals surface area contributed by atoms with Gasteiger partial charge in [0.05, 0.1) is 5.56 Å². The molecule has 0 aliphatic rings. The van der Waals surface area contributed by atoms with Crippen molar-refractivity contribution in [1.82, 2.24) is 0 Å². The van der Waals surface area contributed by atoms with Crippen LogP contribution in [0.4, 0.5) is 18.9 Å². The zero-order valence-corrected chi connectivity index (χ0v) is 7.99. The average molecular weight is 224 g/mol. The molecule has 0 fully saturated rings. The monoisotopic (exact) mass is 223 g/mol. The molecule has 0 aliphatic carbocycles. The number of anilines is 1. The molecule has 0 saturated heterocycles. The van der Waals surface area contributed by atoms with Crippen molar-refractivity contribution in [2.45, 2.75) is 6.18 Å².